The van der Waals surface area contributed by atoms with Crippen LogP contribution in [0.3, 0.4) is 0 Å². The van der Waals surface area contributed by atoms with Gasteiger partial charge in [-0.1, -0.05) is 23.4 Å². The first kappa shape index (κ1) is 20.5. The Morgan fingerprint density at radius 2 is 2.03 bits per heavy atom. The summed E-state index contributed by atoms with van der Waals surface area (Å²) in [5, 5.41) is 17.9. The van der Waals surface area contributed by atoms with Crippen LogP contribution in [0.4, 0.5) is 0 Å². The van der Waals surface area contributed by atoms with Crippen molar-refractivity contribution >= 4 is 0 Å². The van der Waals surface area contributed by atoms with E-state index in [9.17, 15) is 5.11 Å². The van der Waals surface area contributed by atoms with Crippen molar-refractivity contribution in [2.24, 2.45) is 0 Å². The number of ether oxygens (including phenoxy) is 2. The molecule has 158 valence electrons. The van der Waals surface area contributed by atoms with Crippen molar-refractivity contribution in [2.45, 2.75) is 44.1 Å². The molecule has 2 aromatic heterocycles. The number of aliphatic hydroxyl groups excluding tert-OH is 1. The molecule has 1 fully saturated rings. The number of benzene rings is 1. The van der Waals surface area contributed by atoms with Gasteiger partial charge in [0, 0.05) is 31.8 Å². The molecule has 30 heavy (non-hydrogen) atoms. The number of nitrogens with zero attached hydrogens (tertiary/aromatic N) is 2. The highest BCUT2D eigenvalue weighted by molar-refractivity contribution is 5.51. The minimum absolute atomic E-state index is 0.00266. The molecule has 3 atom stereocenters. The van der Waals surface area contributed by atoms with Crippen molar-refractivity contribution in [3.63, 3.8) is 0 Å². The Morgan fingerprint density at radius 3 is 2.80 bits per heavy atom. The number of nitrogens with one attached hydrogen (secondary N) is 1. The molecule has 1 aliphatic heterocycles. The predicted molar refractivity (Wildman–Crippen MR) is 112 cm³/mol. The van der Waals surface area contributed by atoms with E-state index in [1.54, 1.807) is 13.3 Å². The highest BCUT2D eigenvalue weighted by Gasteiger charge is 2.30. The van der Waals surface area contributed by atoms with Crippen LogP contribution < -0.4 is 10.1 Å². The van der Waals surface area contributed by atoms with Gasteiger partial charge >= 0.3 is 0 Å². The van der Waals surface area contributed by atoms with Crippen LogP contribution in [0.2, 0.25) is 0 Å². The summed E-state index contributed by atoms with van der Waals surface area (Å²) < 4.78 is 16.8. The summed E-state index contributed by atoms with van der Waals surface area (Å²) in [6.45, 7) is 1.29. The lowest BCUT2D eigenvalue weighted by Crippen LogP contribution is -2.45. The predicted octanol–water partition coefficient (Wildman–Crippen LogP) is 2.99. The van der Waals surface area contributed by atoms with Gasteiger partial charge in [-0.15, -0.1) is 0 Å². The van der Waals surface area contributed by atoms with Crippen LogP contribution in [0, 0.1) is 0 Å². The molecule has 0 bridgehead atoms. The van der Waals surface area contributed by atoms with E-state index in [1.807, 2.05) is 48.5 Å². The van der Waals surface area contributed by atoms with Crippen LogP contribution in [0.1, 0.15) is 24.1 Å². The summed E-state index contributed by atoms with van der Waals surface area (Å²) in [6.07, 6.45) is 3.18. The molecule has 0 spiro atoms. The molecule has 1 aliphatic rings. The van der Waals surface area contributed by atoms with Crippen LogP contribution in [0.25, 0.3) is 11.5 Å². The number of aliphatic hydroxyl groups is 1. The molecule has 0 amide bonds. The van der Waals surface area contributed by atoms with Crippen molar-refractivity contribution in [2.75, 3.05) is 13.7 Å². The lowest BCUT2D eigenvalue weighted by molar-refractivity contribution is -0.115. The van der Waals surface area contributed by atoms with Gasteiger partial charge in [-0.25, -0.2) is 0 Å². The zero-order valence-electron chi connectivity index (χ0n) is 17.0. The fraction of sp³-hybridized carbons (Fsp3) is 0.391. The Labute approximate surface area is 176 Å². The van der Waals surface area contributed by atoms with Crippen LogP contribution in [-0.2, 0) is 17.7 Å². The summed E-state index contributed by atoms with van der Waals surface area (Å²) in [5.41, 5.74) is 2.75. The maximum atomic E-state index is 10.3. The van der Waals surface area contributed by atoms with E-state index in [1.165, 1.54) is 0 Å². The van der Waals surface area contributed by atoms with E-state index in [0.29, 0.717) is 31.7 Å². The molecule has 3 aromatic rings. The van der Waals surface area contributed by atoms with E-state index in [-0.39, 0.29) is 12.2 Å². The second-order valence-electron chi connectivity index (χ2n) is 7.52. The molecule has 1 saturated heterocycles. The highest BCUT2D eigenvalue weighted by Crippen LogP contribution is 2.24. The Morgan fingerprint density at radius 1 is 1.17 bits per heavy atom. The summed E-state index contributed by atoms with van der Waals surface area (Å²) in [5.74, 6) is 1.49. The first-order valence-electron chi connectivity index (χ1n) is 10.3. The molecule has 7 nitrogen and oxygen atoms in total. The third kappa shape index (κ3) is 5.24. The van der Waals surface area contributed by atoms with Crippen molar-refractivity contribution in [1.82, 2.24) is 15.5 Å². The number of methoxy groups -OCH3 is 1. The van der Waals surface area contributed by atoms with Gasteiger partial charge in [-0.2, -0.15) is 0 Å². The van der Waals surface area contributed by atoms with Gasteiger partial charge < -0.3 is 24.4 Å². The first-order valence-corrected chi connectivity index (χ1v) is 10.3. The Hall–Kier alpha value is -2.74. The second kappa shape index (κ2) is 9.84. The van der Waals surface area contributed by atoms with Crippen molar-refractivity contribution < 1.29 is 19.1 Å². The van der Waals surface area contributed by atoms with E-state index in [2.05, 4.69) is 15.5 Å². The normalized spacial score (nSPS) is 21.5. The molecule has 0 radical (unpaired) electrons. The van der Waals surface area contributed by atoms with Crippen molar-refractivity contribution in [3.8, 4) is 17.2 Å². The number of rotatable bonds is 8. The fourth-order valence-corrected chi connectivity index (χ4v) is 3.66. The quantitative estimate of drug-likeness (QED) is 0.591. The standard InChI is InChI=1S/C23H27N3O4/c1-28-18-7-5-16(6-8-18)14-24-15-23-21(27)10-9-19(29-23)12-17-13-22(30-26-17)20-4-2-3-11-25-20/h2-8,11,13,19,21,23-24,27H,9-10,12,14-15H2,1H3/t19-,21-,23+/m0/s1. The zero-order valence-corrected chi connectivity index (χ0v) is 17.0. The van der Waals surface area contributed by atoms with E-state index >= 15 is 0 Å². The molecule has 4 rings (SSSR count). The topological polar surface area (TPSA) is 89.6 Å². The second-order valence-corrected chi connectivity index (χ2v) is 7.52. The summed E-state index contributed by atoms with van der Waals surface area (Å²) in [4.78, 5) is 4.29. The Bertz CT molecular complexity index is 914. The van der Waals surface area contributed by atoms with Gasteiger partial charge in [0.25, 0.3) is 0 Å². The van der Waals surface area contributed by atoms with Gasteiger partial charge in [0.15, 0.2) is 5.76 Å². The van der Waals surface area contributed by atoms with E-state index in [0.717, 1.165) is 29.1 Å². The van der Waals surface area contributed by atoms with Gasteiger partial charge in [0.1, 0.15) is 11.4 Å². The fourth-order valence-electron chi connectivity index (χ4n) is 3.66. The Kier molecular flexibility index (Phi) is 6.74. The third-order valence-electron chi connectivity index (χ3n) is 5.33. The van der Waals surface area contributed by atoms with Crippen molar-refractivity contribution in [1.29, 1.82) is 0 Å². The molecule has 2 N–H and O–H groups in total. The number of pyridine rings is 1. The molecule has 3 heterocycles. The van der Waals surface area contributed by atoms with Crippen LogP contribution in [0.5, 0.6) is 5.75 Å². The van der Waals surface area contributed by atoms with E-state index < -0.39 is 6.10 Å². The average Bonchev–Trinajstić information content (AvgIpc) is 3.25. The average molecular weight is 409 g/mol. The Balaban J connectivity index is 1.28. The van der Waals surface area contributed by atoms with Gasteiger partial charge in [-0.3, -0.25) is 4.98 Å². The lowest BCUT2D eigenvalue weighted by Gasteiger charge is -2.34. The molecular formula is C23H27N3O4. The molecule has 0 unspecified atom stereocenters. The lowest BCUT2D eigenvalue weighted by atomic mass is 9.98. The highest BCUT2D eigenvalue weighted by atomic mass is 16.5. The van der Waals surface area contributed by atoms with Crippen LogP contribution >= 0.6 is 0 Å². The minimum Gasteiger partial charge on any atom is -0.497 e. The monoisotopic (exact) mass is 409 g/mol. The maximum Gasteiger partial charge on any atom is 0.185 e. The van der Waals surface area contributed by atoms with Gasteiger partial charge in [0.2, 0.25) is 0 Å². The molecule has 7 heteroatoms. The van der Waals surface area contributed by atoms with E-state index in [4.69, 9.17) is 14.0 Å². The molecule has 0 saturated carbocycles. The summed E-state index contributed by atoms with van der Waals surface area (Å²) in [6, 6.07) is 15.5. The SMILES string of the molecule is COc1ccc(CNC[C@H]2O[C@H](Cc3cc(-c4ccccn4)on3)CC[C@@H]2O)cc1. The van der Waals surface area contributed by atoms with Crippen molar-refractivity contribution in [3.05, 3.63) is 66.0 Å². The molecular weight excluding hydrogens is 382 g/mol. The number of hydrogen-bond acceptors (Lipinski definition) is 7. The zero-order chi connectivity index (χ0) is 20.8. The first-order chi connectivity index (χ1) is 14.7. The molecule has 0 aliphatic carbocycles. The largest absolute Gasteiger partial charge is 0.497 e. The van der Waals surface area contributed by atoms with Crippen LogP contribution in [0.15, 0.2) is 59.3 Å². The van der Waals surface area contributed by atoms with Crippen LogP contribution in [-0.4, -0.2) is 47.2 Å². The number of aromatic nitrogens is 2. The minimum atomic E-state index is -0.467. The smallest absolute Gasteiger partial charge is 0.185 e. The summed E-state index contributed by atoms with van der Waals surface area (Å²) in [7, 11) is 1.66. The number of hydrogen-bond donors (Lipinski definition) is 2. The third-order valence-corrected chi connectivity index (χ3v) is 5.33. The maximum absolute atomic E-state index is 10.3. The summed E-state index contributed by atoms with van der Waals surface area (Å²) >= 11 is 0. The van der Waals surface area contributed by atoms with Gasteiger partial charge in [-0.05, 0) is 42.7 Å². The van der Waals surface area contributed by atoms with Gasteiger partial charge in [0.05, 0.1) is 31.1 Å². The molecule has 1 aromatic carbocycles.